The molecule has 2 aliphatic carbocycles. The summed E-state index contributed by atoms with van der Waals surface area (Å²) in [4.78, 5) is 34.2. The quantitative estimate of drug-likeness (QED) is 0.255. The molecule has 5 heterocycles. The van der Waals surface area contributed by atoms with E-state index in [1.807, 2.05) is 31.3 Å². The number of nitrogens with zero attached hydrogens (tertiary/aromatic N) is 7. The number of benzene rings is 2. The number of aryl methyl sites for hydroxylation is 1. The van der Waals surface area contributed by atoms with E-state index in [0.717, 1.165) is 67.4 Å². The van der Waals surface area contributed by atoms with Crippen molar-refractivity contribution in [2.45, 2.75) is 23.7 Å². The van der Waals surface area contributed by atoms with Crippen LogP contribution >= 0.6 is 0 Å². The molecule has 0 spiro atoms. The Balaban J connectivity index is 1.48. The van der Waals surface area contributed by atoms with Crippen LogP contribution in [0.3, 0.4) is 0 Å². The minimum Gasteiger partial charge on any atom is -0.324 e. The van der Waals surface area contributed by atoms with Crippen molar-refractivity contribution in [2.75, 3.05) is 0 Å². The molecule has 3 aromatic heterocycles. The number of H-pyrrole nitrogens is 1. The second kappa shape index (κ2) is 8.38. The molecule has 0 saturated carbocycles. The van der Waals surface area contributed by atoms with Crippen LogP contribution in [-0.4, -0.2) is 39.5 Å². The molecule has 2 aromatic carbocycles. The maximum absolute atomic E-state index is 5.20. The number of nitrogens with one attached hydrogen (secondary N) is 1. The van der Waals surface area contributed by atoms with E-state index in [0.29, 0.717) is 0 Å². The molecule has 0 saturated heterocycles. The van der Waals surface area contributed by atoms with Gasteiger partial charge in [0.15, 0.2) is 0 Å². The third-order valence-corrected chi connectivity index (χ3v) is 8.53. The second-order valence-corrected chi connectivity index (χ2v) is 10.9. The third kappa shape index (κ3) is 3.27. The van der Waals surface area contributed by atoms with E-state index < -0.39 is 0 Å². The standard InChI is InChI=1S/C33H24N8/c1-41-32-24-16-8-9-17-25(24)33(41)40-31-23-15-7-5-13-21(23)29(38-31)36-27-19-11-3-2-10-18(19)26(34-27)35-28-20-12-4-6-14-22(20)30(37-28)39-32/h2-17,20-23H,1H3,(H,34,35,36,37,38,39,40). The Labute approximate surface area is 234 Å². The predicted molar refractivity (Wildman–Crippen MR) is 159 cm³/mol. The predicted octanol–water partition coefficient (Wildman–Crippen LogP) is 6.20. The lowest BCUT2D eigenvalue weighted by Gasteiger charge is -2.14. The molecule has 1 N–H and O–H groups in total. The number of hydrogen-bond acceptors (Lipinski definition) is 6. The molecule has 8 heteroatoms. The maximum Gasteiger partial charge on any atom is 0.144 e. The number of rotatable bonds is 0. The van der Waals surface area contributed by atoms with E-state index in [9.17, 15) is 0 Å². The Morgan fingerprint density at radius 1 is 0.488 bits per heavy atom. The van der Waals surface area contributed by atoms with E-state index >= 15 is 0 Å². The highest BCUT2D eigenvalue weighted by atomic mass is 15.1. The lowest BCUT2D eigenvalue weighted by Crippen LogP contribution is -2.06. The summed E-state index contributed by atoms with van der Waals surface area (Å²) in [6, 6.07) is 16.5. The number of allylic oxidation sites excluding steroid dienone is 8. The van der Waals surface area contributed by atoms with Gasteiger partial charge >= 0.3 is 0 Å². The van der Waals surface area contributed by atoms with E-state index in [1.165, 1.54) is 0 Å². The molecule has 9 rings (SSSR count). The van der Waals surface area contributed by atoms with Gasteiger partial charge in [-0.05, 0) is 0 Å². The molecule has 0 fully saturated rings. The first kappa shape index (κ1) is 22.6. The van der Waals surface area contributed by atoms with Crippen molar-refractivity contribution in [3.63, 3.8) is 0 Å². The molecular weight excluding hydrogens is 508 g/mol. The summed E-state index contributed by atoms with van der Waals surface area (Å²) in [5.74, 6) is 2.97. The van der Waals surface area contributed by atoms with Gasteiger partial charge in [0.25, 0.3) is 0 Å². The van der Waals surface area contributed by atoms with Crippen molar-refractivity contribution < 1.29 is 0 Å². The summed E-state index contributed by atoms with van der Waals surface area (Å²) >= 11 is 0. The summed E-state index contributed by atoms with van der Waals surface area (Å²) in [5.41, 5.74) is 3.12. The fraction of sp³-hybridized carbons (Fsp3) is 0.152. The summed E-state index contributed by atoms with van der Waals surface area (Å²) < 4.78 is 2.06. The average molecular weight is 533 g/mol. The van der Waals surface area contributed by atoms with Gasteiger partial charge in [0.05, 0.1) is 23.7 Å². The number of aromatic nitrogens is 8. The highest BCUT2D eigenvalue weighted by Gasteiger charge is 2.34. The lowest BCUT2D eigenvalue weighted by molar-refractivity contribution is 0.731. The number of aromatic amines is 1. The van der Waals surface area contributed by atoms with Crippen LogP contribution in [0, 0.1) is 0 Å². The molecule has 8 bridgehead atoms. The summed E-state index contributed by atoms with van der Waals surface area (Å²) in [6.45, 7) is 0. The van der Waals surface area contributed by atoms with E-state index in [2.05, 4.69) is 82.4 Å². The Morgan fingerprint density at radius 3 is 1.27 bits per heavy atom. The molecule has 41 heavy (non-hydrogen) atoms. The smallest absolute Gasteiger partial charge is 0.144 e. The van der Waals surface area contributed by atoms with Gasteiger partial charge in [0.2, 0.25) is 0 Å². The minimum absolute atomic E-state index is 0.00318. The van der Waals surface area contributed by atoms with Gasteiger partial charge in [-0.25, -0.2) is 29.9 Å². The first-order valence-electron chi connectivity index (χ1n) is 13.9. The molecule has 8 nitrogen and oxygen atoms in total. The van der Waals surface area contributed by atoms with Crippen LogP contribution in [0.5, 0.6) is 0 Å². The van der Waals surface area contributed by atoms with Gasteiger partial charge in [-0.3, -0.25) is 0 Å². The summed E-state index contributed by atoms with van der Waals surface area (Å²) in [5, 5.41) is 4.05. The first-order valence-corrected chi connectivity index (χ1v) is 13.9. The maximum atomic E-state index is 5.20. The molecule has 0 radical (unpaired) electrons. The van der Waals surface area contributed by atoms with Crippen LogP contribution < -0.4 is 0 Å². The van der Waals surface area contributed by atoms with Crippen molar-refractivity contribution in [1.29, 1.82) is 0 Å². The zero-order valence-corrected chi connectivity index (χ0v) is 22.2. The number of hydrogen-bond donors (Lipinski definition) is 1. The van der Waals surface area contributed by atoms with Crippen molar-refractivity contribution in [3.05, 3.63) is 120 Å². The SMILES string of the molecule is Cn1c2nc3nc(nc4[nH]c(nc5nc(nc1c1ccccc12)C1C=CC=CC51)c1ccccc41)C1C=CC=CC31. The molecule has 0 amide bonds. The minimum atomic E-state index is 0.00318. The Morgan fingerprint density at radius 2 is 0.854 bits per heavy atom. The van der Waals surface area contributed by atoms with E-state index in [1.54, 1.807) is 0 Å². The normalized spacial score (nSPS) is 22.4. The highest BCUT2D eigenvalue weighted by molar-refractivity contribution is 6.05. The van der Waals surface area contributed by atoms with Crippen molar-refractivity contribution in [1.82, 2.24) is 39.5 Å². The molecule has 2 aliphatic heterocycles. The van der Waals surface area contributed by atoms with E-state index in [4.69, 9.17) is 29.9 Å². The average Bonchev–Trinajstić information content (AvgIpc) is 3.72. The number of fused-ring (bicyclic) bond motifs is 20. The monoisotopic (exact) mass is 532 g/mol. The molecular formula is C33H24N8. The van der Waals surface area contributed by atoms with Gasteiger partial charge < -0.3 is 9.55 Å². The molecule has 196 valence electrons. The zero-order valence-electron chi connectivity index (χ0n) is 22.2. The van der Waals surface area contributed by atoms with Gasteiger partial charge in [0, 0.05) is 28.6 Å². The van der Waals surface area contributed by atoms with Gasteiger partial charge in [0.1, 0.15) is 45.9 Å². The summed E-state index contributed by atoms with van der Waals surface area (Å²) in [6.07, 6.45) is 16.9. The Hall–Kier alpha value is -5.24. The summed E-state index contributed by atoms with van der Waals surface area (Å²) in [7, 11) is 2.02. The lowest BCUT2D eigenvalue weighted by atomic mass is 9.90. The third-order valence-electron chi connectivity index (χ3n) is 8.53. The van der Waals surface area contributed by atoms with Crippen LogP contribution in [0.15, 0.2) is 97.1 Å². The van der Waals surface area contributed by atoms with E-state index in [-0.39, 0.29) is 23.7 Å². The van der Waals surface area contributed by atoms with Gasteiger partial charge in [-0.15, -0.1) is 0 Å². The Kier molecular flexibility index (Phi) is 4.61. The van der Waals surface area contributed by atoms with Crippen LogP contribution in [0.25, 0.3) is 44.1 Å². The van der Waals surface area contributed by atoms with Crippen LogP contribution in [0.1, 0.15) is 47.0 Å². The van der Waals surface area contributed by atoms with Crippen molar-refractivity contribution in [2.24, 2.45) is 7.05 Å². The molecule has 4 atom stereocenters. The fourth-order valence-corrected chi connectivity index (χ4v) is 6.50. The first-order chi connectivity index (χ1) is 20.2. The molecule has 4 unspecified atom stereocenters. The van der Waals surface area contributed by atoms with Crippen molar-refractivity contribution >= 4 is 44.1 Å². The Bertz CT molecular complexity index is 2060. The molecule has 5 aromatic rings. The van der Waals surface area contributed by atoms with Crippen LogP contribution in [0.2, 0.25) is 0 Å². The van der Waals surface area contributed by atoms with Crippen LogP contribution in [-0.2, 0) is 7.05 Å². The van der Waals surface area contributed by atoms with Crippen LogP contribution in [0.4, 0.5) is 0 Å². The zero-order chi connectivity index (χ0) is 27.1. The van der Waals surface area contributed by atoms with Gasteiger partial charge in [-0.2, -0.15) is 0 Å². The highest BCUT2D eigenvalue weighted by Crippen LogP contribution is 2.41. The van der Waals surface area contributed by atoms with Gasteiger partial charge in [-0.1, -0.05) is 97.1 Å². The van der Waals surface area contributed by atoms with Crippen molar-refractivity contribution in [3.8, 4) is 0 Å². The fourth-order valence-electron chi connectivity index (χ4n) is 6.50. The largest absolute Gasteiger partial charge is 0.324 e. The second-order valence-electron chi connectivity index (χ2n) is 10.9. The topological polar surface area (TPSA) is 98.1 Å². The molecule has 4 aliphatic rings.